The lowest BCUT2D eigenvalue weighted by Gasteiger charge is -2.15. The summed E-state index contributed by atoms with van der Waals surface area (Å²) < 4.78 is 4.57. The number of esters is 1. The maximum absolute atomic E-state index is 11.9. The first-order chi connectivity index (χ1) is 10.0. The van der Waals surface area contributed by atoms with Crippen molar-refractivity contribution in [1.82, 2.24) is 4.90 Å². The predicted octanol–water partition coefficient (Wildman–Crippen LogP) is 2.07. The van der Waals surface area contributed by atoms with Crippen molar-refractivity contribution in [1.29, 1.82) is 0 Å². The second-order valence-electron chi connectivity index (χ2n) is 5.06. The number of amides is 1. The van der Waals surface area contributed by atoms with E-state index in [-0.39, 0.29) is 24.8 Å². The Kier molecular flexibility index (Phi) is 7.46. The third kappa shape index (κ3) is 6.90. The molecule has 1 N–H and O–H groups in total. The lowest BCUT2D eigenvalue weighted by Crippen LogP contribution is -2.31. The molecule has 0 fully saturated rings. The Morgan fingerprint density at radius 2 is 1.90 bits per heavy atom. The molecule has 0 bridgehead atoms. The first-order valence-electron chi connectivity index (χ1n) is 7.19. The van der Waals surface area contributed by atoms with Crippen molar-refractivity contribution in [3.8, 4) is 0 Å². The second kappa shape index (κ2) is 9.13. The number of anilines is 1. The van der Waals surface area contributed by atoms with Crippen molar-refractivity contribution in [2.75, 3.05) is 32.6 Å². The molecule has 0 heterocycles. The number of hydrogen-bond acceptors (Lipinski definition) is 4. The number of benzene rings is 1. The average Bonchev–Trinajstić information content (AvgIpc) is 2.47. The second-order valence-corrected chi connectivity index (χ2v) is 5.06. The molecule has 0 aliphatic heterocycles. The molecule has 5 heteroatoms. The molecule has 0 radical (unpaired) electrons. The number of likely N-dealkylation sites (N-methyl/N-ethyl adjacent to an activating group) is 1. The molecule has 116 valence electrons. The minimum atomic E-state index is -0.270. The molecule has 1 amide bonds. The van der Waals surface area contributed by atoms with E-state index in [1.807, 2.05) is 24.3 Å². The SMILES string of the molecule is CCCc1ccc(NC(=O)CN(C)CCC(=O)OC)cc1. The number of ether oxygens (including phenoxy) is 1. The van der Waals surface area contributed by atoms with Crippen molar-refractivity contribution in [3.63, 3.8) is 0 Å². The fourth-order valence-electron chi connectivity index (χ4n) is 1.95. The van der Waals surface area contributed by atoms with Crippen LogP contribution in [0.5, 0.6) is 0 Å². The summed E-state index contributed by atoms with van der Waals surface area (Å²) in [4.78, 5) is 24.7. The van der Waals surface area contributed by atoms with Crippen molar-refractivity contribution < 1.29 is 14.3 Å². The van der Waals surface area contributed by atoms with Gasteiger partial charge in [0.05, 0.1) is 20.1 Å². The average molecular weight is 292 g/mol. The van der Waals surface area contributed by atoms with E-state index in [9.17, 15) is 9.59 Å². The first-order valence-corrected chi connectivity index (χ1v) is 7.19. The highest BCUT2D eigenvalue weighted by Gasteiger charge is 2.09. The van der Waals surface area contributed by atoms with Crippen molar-refractivity contribution in [2.24, 2.45) is 0 Å². The van der Waals surface area contributed by atoms with Gasteiger partial charge in [-0.15, -0.1) is 0 Å². The van der Waals surface area contributed by atoms with Gasteiger partial charge in [-0.1, -0.05) is 25.5 Å². The molecule has 0 saturated carbocycles. The monoisotopic (exact) mass is 292 g/mol. The Bertz CT molecular complexity index is 457. The number of hydrogen-bond donors (Lipinski definition) is 1. The van der Waals surface area contributed by atoms with Gasteiger partial charge in [0, 0.05) is 12.2 Å². The lowest BCUT2D eigenvalue weighted by atomic mass is 10.1. The summed E-state index contributed by atoms with van der Waals surface area (Å²) in [5.41, 5.74) is 2.06. The van der Waals surface area contributed by atoms with Crippen LogP contribution in [0.4, 0.5) is 5.69 Å². The van der Waals surface area contributed by atoms with Gasteiger partial charge in [0.1, 0.15) is 0 Å². The number of aryl methyl sites for hydroxylation is 1. The highest BCUT2D eigenvalue weighted by atomic mass is 16.5. The summed E-state index contributed by atoms with van der Waals surface area (Å²) >= 11 is 0. The summed E-state index contributed by atoms with van der Waals surface area (Å²) in [6.45, 7) is 2.88. The minimum Gasteiger partial charge on any atom is -0.469 e. The van der Waals surface area contributed by atoms with Crippen molar-refractivity contribution in [3.05, 3.63) is 29.8 Å². The zero-order valence-electron chi connectivity index (χ0n) is 13.0. The fourth-order valence-corrected chi connectivity index (χ4v) is 1.95. The highest BCUT2D eigenvalue weighted by molar-refractivity contribution is 5.92. The molecular weight excluding hydrogens is 268 g/mol. The van der Waals surface area contributed by atoms with Crippen LogP contribution in [0.15, 0.2) is 24.3 Å². The molecule has 0 spiro atoms. The molecule has 0 aliphatic rings. The van der Waals surface area contributed by atoms with Gasteiger partial charge in [-0.25, -0.2) is 0 Å². The van der Waals surface area contributed by atoms with Gasteiger partial charge < -0.3 is 10.1 Å². The van der Waals surface area contributed by atoms with Crippen LogP contribution in [0.3, 0.4) is 0 Å². The normalized spacial score (nSPS) is 10.5. The quantitative estimate of drug-likeness (QED) is 0.745. The summed E-state index contributed by atoms with van der Waals surface area (Å²) in [5.74, 6) is -0.362. The zero-order chi connectivity index (χ0) is 15.7. The van der Waals surface area contributed by atoms with Gasteiger partial charge in [-0.05, 0) is 31.2 Å². The molecule has 1 aromatic rings. The standard InChI is InChI=1S/C16H24N2O3/c1-4-5-13-6-8-14(9-7-13)17-15(19)12-18(2)11-10-16(20)21-3/h6-9H,4-5,10-12H2,1-3H3,(H,17,19). The van der Waals surface area contributed by atoms with Crippen molar-refractivity contribution in [2.45, 2.75) is 26.2 Å². The number of carbonyl (C=O) groups excluding carboxylic acids is 2. The maximum Gasteiger partial charge on any atom is 0.306 e. The molecule has 1 aromatic carbocycles. The minimum absolute atomic E-state index is 0.0920. The van der Waals surface area contributed by atoms with E-state index in [0.717, 1.165) is 18.5 Å². The van der Waals surface area contributed by atoms with Gasteiger partial charge in [0.15, 0.2) is 0 Å². The zero-order valence-corrected chi connectivity index (χ0v) is 13.0. The van der Waals surface area contributed by atoms with Gasteiger partial charge in [-0.2, -0.15) is 0 Å². The molecule has 0 aliphatic carbocycles. The predicted molar refractivity (Wildman–Crippen MR) is 83.2 cm³/mol. The Balaban J connectivity index is 2.37. The van der Waals surface area contributed by atoms with E-state index in [1.165, 1.54) is 12.7 Å². The molecular formula is C16H24N2O3. The van der Waals surface area contributed by atoms with Crippen LogP contribution >= 0.6 is 0 Å². The molecule has 5 nitrogen and oxygen atoms in total. The summed E-state index contributed by atoms with van der Waals surface area (Å²) in [5, 5.41) is 2.85. The molecule has 0 saturated heterocycles. The van der Waals surface area contributed by atoms with Crippen LogP contribution in [-0.4, -0.2) is 44.0 Å². The van der Waals surface area contributed by atoms with Crippen LogP contribution in [0.2, 0.25) is 0 Å². The van der Waals surface area contributed by atoms with Crippen LogP contribution in [0.1, 0.15) is 25.3 Å². The number of nitrogens with zero attached hydrogens (tertiary/aromatic N) is 1. The van der Waals surface area contributed by atoms with Gasteiger partial charge in [0.25, 0.3) is 0 Å². The number of carbonyl (C=O) groups is 2. The summed E-state index contributed by atoms with van der Waals surface area (Å²) in [6, 6.07) is 7.88. The van der Waals surface area contributed by atoms with E-state index in [1.54, 1.807) is 11.9 Å². The third-order valence-electron chi connectivity index (χ3n) is 3.12. The topological polar surface area (TPSA) is 58.6 Å². The molecule has 0 unspecified atom stereocenters. The fraction of sp³-hybridized carbons (Fsp3) is 0.500. The first kappa shape index (κ1) is 17.2. The Hall–Kier alpha value is -1.88. The lowest BCUT2D eigenvalue weighted by molar-refractivity contribution is -0.141. The Morgan fingerprint density at radius 1 is 1.24 bits per heavy atom. The summed E-state index contributed by atoms with van der Waals surface area (Å²) in [7, 11) is 3.16. The Morgan fingerprint density at radius 3 is 2.48 bits per heavy atom. The van der Waals surface area contributed by atoms with Crippen LogP contribution in [0.25, 0.3) is 0 Å². The van der Waals surface area contributed by atoms with Gasteiger partial charge in [-0.3, -0.25) is 14.5 Å². The smallest absolute Gasteiger partial charge is 0.306 e. The maximum atomic E-state index is 11.9. The molecule has 0 aromatic heterocycles. The van der Waals surface area contributed by atoms with E-state index in [4.69, 9.17) is 0 Å². The molecule has 21 heavy (non-hydrogen) atoms. The van der Waals surface area contributed by atoms with E-state index < -0.39 is 0 Å². The van der Waals surface area contributed by atoms with E-state index >= 15 is 0 Å². The number of nitrogens with one attached hydrogen (secondary N) is 1. The van der Waals surface area contributed by atoms with Crippen molar-refractivity contribution >= 4 is 17.6 Å². The van der Waals surface area contributed by atoms with Crippen LogP contribution < -0.4 is 5.32 Å². The highest BCUT2D eigenvalue weighted by Crippen LogP contribution is 2.11. The number of rotatable bonds is 8. The van der Waals surface area contributed by atoms with Gasteiger partial charge in [0.2, 0.25) is 5.91 Å². The van der Waals surface area contributed by atoms with E-state index in [0.29, 0.717) is 6.54 Å². The third-order valence-corrected chi connectivity index (χ3v) is 3.12. The van der Waals surface area contributed by atoms with Crippen LogP contribution in [-0.2, 0) is 20.7 Å². The largest absolute Gasteiger partial charge is 0.469 e. The van der Waals surface area contributed by atoms with Gasteiger partial charge >= 0.3 is 5.97 Å². The molecule has 0 atom stereocenters. The molecule has 1 rings (SSSR count). The number of methoxy groups -OCH3 is 1. The summed E-state index contributed by atoms with van der Waals surface area (Å²) in [6.07, 6.45) is 2.44. The van der Waals surface area contributed by atoms with E-state index in [2.05, 4.69) is 17.0 Å². The Labute approximate surface area is 126 Å². The van der Waals surface area contributed by atoms with Crippen LogP contribution in [0, 0.1) is 0 Å².